The molecule has 0 spiro atoms. The highest BCUT2D eigenvalue weighted by Crippen LogP contribution is 2.12. The first-order valence-corrected chi connectivity index (χ1v) is 7.43. The SMILES string of the molecule is COC(=O)CS(=O)(=O)NCCC1CCCNC1. The molecule has 1 atom stereocenters. The Hall–Kier alpha value is -0.660. The lowest BCUT2D eigenvalue weighted by molar-refractivity contribution is -0.137. The van der Waals surface area contributed by atoms with Gasteiger partial charge in [-0.25, -0.2) is 13.1 Å². The van der Waals surface area contributed by atoms with Gasteiger partial charge in [-0.2, -0.15) is 0 Å². The van der Waals surface area contributed by atoms with Crippen molar-refractivity contribution in [3.05, 3.63) is 0 Å². The molecule has 7 heteroatoms. The Balaban J connectivity index is 2.22. The molecule has 100 valence electrons. The van der Waals surface area contributed by atoms with E-state index in [1.165, 1.54) is 7.11 Å². The first kappa shape index (κ1) is 14.4. The van der Waals surface area contributed by atoms with Gasteiger partial charge >= 0.3 is 5.97 Å². The number of hydrogen-bond donors (Lipinski definition) is 2. The maximum absolute atomic E-state index is 11.4. The number of nitrogens with one attached hydrogen (secondary N) is 2. The molecule has 0 aromatic carbocycles. The Morgan fingerprint density at radius 3 is 2.88 bits per heavy atom. The summed E-state index contributed by atoms with van der Waals surface area (Å²) in [4.78, 5) is 10.8. The van der Waals surface area contributed by atoms with Crippen LogP contribution < -0.4 is 10.0 Å². The molecule has 1 saturated heterocycles. The summed E-state index contributed by atoms with van der Waals surface area (Å²) in [6, 6.07) is 0. The summed E-state index contributed by atoms with van der Waals surface area (Å²) in [6.45, 7) is 2.37. The molecule has 0 amide bonds. The van der Waals surface area contributed by atoms with Crippen LogP contribution in [0.5, 0.6) is 0 Å². The van der Waals surface area contributed by atoms with Crippen LogP contribution >= 0.6 is 0 Å². The lowest BCUT2D eigenvalue weighted by atomic mass is 9.96. The van der Waals surface area contributed by atoms with Crippen LogP contribution in [0.3, 0.4) is 0 Å². The van der Waals surface area contributed by atoms with E-state index in [-0.39, 0.29) is 0 Å². The molecule has 0 saturated carbocycles. The molecule has 0 aromatic heterocycles. The number of ether oxygens (including phenoxy) is 1. The molecule has 1 heterocycles. The lowest BCUT2D eigenvalue weighted by Gasteiger charge is -2.22. The largest absolute Gasteiger partial charge is 0.468 e. The Morgan fingerprint density at radius 2 is 2.29 bits per heavy atom. The van der Waals surface area contributed by atoms with Crippen LogP contribution in [0.15, 0.2) is 0 Å². The van der Waals surface area contributed by atoms with Gasteiger partial charge in [-0.15, -0.1) is 0 Å². The third-order valence-corrected chi connectivity index (χ3v) is 4.07. The van der Waals surface area contributed by atoms with Crippen molar-refractivity contribution in [2.45, 2.75) is 19.3 Å². The van der Waals surface area contributed by atoms with E-state index in [0.29, 0.717) is 12.5 Å². The molecular weight excluding hydrogens is 244 g/mol. The summed E-state index contributed by atoms with van der Waals surface area (Å²) >= 11 is 0. The van der Waals surface area contributed by atoms with Crippen molar-refractivity contribution in [2.75, 3.05) is 32.5 Å². The third kappa shape index (κ3) is 5.99. The van der Waals surface area contributed by atoms with Crippen LogP contribution in [0.25, 0.3) is 0 Å². The van der Waals surface area contributed by atoms with Crippen LogP contribution in [-0.2, 0) is 19.6 Å². The standard InChI is InChI=1S/C10H20N2O4S/c1-16-10(13)8-17(14,15)12-6-4-9-3-2-5-11-7-9/h9,11-12H,2-8H2,1H3. The normalized spacial score (nSPS) is 21.1. The minimum atomic E-state index is -3.54. The number of piperidine rings is 1. The molecule has 0 radical (unpaired) electrons. The highest BCUT2D eigenvalue weighted by Gasteiger charge is 2.18. The molecule has 1 unspecified atom stereocenters. The second kappa shape index (κ2) is 6.93. The van der Waals surface area contributed by atoms with E-state index in [2.05, 4.69) is 14.8 Å². The molecule has 1 aliphatic rings. The van der Waals surface area contributed by atoms with Gasteiger partial charge in [0.1, 0.15) is 0 Å². The van der Waals surface area contributed by atoms with E-state index in [4.69, 9.17) is 0 Å². The number of hydrogen-bond acceptors (Lipinski definition) is 5. The van der Waals surface area contributed by atoms with Gasteiger partial charge < -0.3 is 10.1 Å². The van der Waals surface area contributed by atoms with Crippen molar-refractivity contribution in [1.29, 1.82) is 0 Å². The number of carbonyl (C=O) groups excluding carboxylic acids is 1. The first-order valence-electron chi connectivity index (χ1n) is 5.78. The van der Waals surface area contributed by atoms with E-state index in [0.717, 1.165) is 32.4 Å². The molecule has 17 heavy (non-hydrogen) atoms. The van der Waals surface area contributed by atoms with E-state index in [1.807, 2.05) is 0 Å². The van der Waals surface area contributed by atoms with Crippen molar-refractivity contribution >= 4 is 16.0 Å². The summed E-state index contributed by atoms with van der Waals surface area (Å²) in [5.41, 5.74) is 0. The Bertz CT molecular complexity index is 336. The van der Waals surface area contributed by atoms with Crippen LogP contribution in [0.4, 0.5) is 0 Å². The van der Waals surface area contributed by atoms with Gasteiger partial charge in [0.2, 0.25) is 10.0 Å². The molecule has 1 aliphatic heterocycles. The van der Waals surface area contributed by atoms with E-state index in [1.54, 1.807) is 0 Å². The number of carbonyl (C=O) groups is 1. The highest BCUT2D eigenvalue weighted by atomic mass is 32.2. The smallest absolute Gasteiger partial charge is 0.322 e. The quantitative estimate of drug-likeness (QED) is 0.630. The van der Waals surface area contributed by atoms with Crippen molar-refractivity contribution in [3.63, 3.8) is 0 Å². The van der Waals surface area contributed by atoms with E-state index < -0.39 is 21.7 Å². The van der Waals surface area contributed by atoms with Crippen molar-refractivity contribution in [3.8, 4) is 0 Å². The van der Waals surface area contributed by atoms with E-state index in [9.17, 15) is 13.2 Å². The minimum absolute atomic E-state index is 0.381. The second-order valence-electron chi connectivity index (χ2n) is 4.23. The summed E-state index contributed by atoms with van der Waals surface area (Å²) in [5, 5.41) is 3.27. The van der Waals surface area contributed by atoms with Gasteiger partial charge in [0.05, 0.1) is 7.11 Å². The van der Waals surface area contributed by atoms with Crippen molar-refractivity contribution in [2.24, 2.45) is 5.92 Å². The fourth-order valence-corrected chi connectivity index (χ4v) is 2.81. The van der Waals surface area contributed by atoms with Gasteiger partial charge in [-0.3, -0.25) is 4.79 Å². The fraction of sp³-hybridized carbons (Fsp3) is 0.900. The van der Waals surface area contributed by atoms with E-state index >= 15 is 0 Å². The number of methoxy groups -OCH3 is 1. The topological polar surface area (TPSA) is 84.5 Å². The summed E-state index contributed by atoms with van der Waals surface area (Å²) in [7, 11) is -2.37. The molecule has 2 N–H and O–H groups in total. The average molecular weight is 264 g/mol. The van der Waals surface area contributed by atoms with Crippen LogP contribution in [-0.4, -0.2) is 46.9 Å². The van der Waals surface area contributed by atoms with Crippen LogP contribution in [0.2, 0.25) is 0 Å². The lowest BCUT2D eigenvalue weighted by Crippen LogP contribution is -2.35. The van der Waals surface area contributed by atoms with Crippen molar-refractivity contribution in [1.82, 2.24) is 10.0 Å². The maximum atomic E-state index is 11.4. The molecule has 6 nitrogen and oxygen atoms in total. The monoisotopic (exact) mass is 264 g/mol. The number of sulfonamides is 1. The van der Waals surface area contributed by atoms with Gasteiger partial charge in [0, 0.05) is 6.54 Å². The minimum Gasteiger partial charge on any atom is -0.468 e. The molecule has 0 aromatic rings. The molecular formula is C10H20N2O4S. The van der Waals surface area contributed by atoms with Gasteiger partial charge in [0.25, 0.3) is 0 Å². The summed E-state index contributed by atoms with van der Waals surface area (Å²) in [5.74, 6) is -0.826. The number of rotatable bonds is 6. The zero-order valence-corrected chi connectivity index (χ0v) is 10.9. The molecule has 0 aliphatic carbocycles. The van der Waals surface area contributed by atoms with Gasteiger partial charge in [-0.05, 0) is 38.3 Å². The van der Waals surface area contributed by atoms with Gasteiger partial charge in [-0.1, -0.05) is 0 Å². The third-order valence-electron chi connectivity index (χ3n) is 2.81. The predicted molar refractivity (Wildman–Crippen MR) is 64.0 cm³/mol. The molecule has 1 fully saturated rings. The predicted octanol–water partition coefficient (Wildman–Crippen LogP) is -0.531. The van der Waals surface area contributed by atoms with Crippen LogP contribution in [0, 0.1) is 5.92 Å². The Kier molecular flexibility index (Phi) is 5.87. The summed E-state index contributed by atoms with van der Waals surface area (Å²) in [6.07, 6.45) is 3.07. The summed E-state index contributed by atoms with van der Waals surface area (Å²) < 4.78 is 29.6. The zero-order valence-electron chi connectivity index (χ0n) is 10.1. The zero-order chi connectivity index (χ0) is 12.7. The fourth-order valence-electron chi connectivity index (χ4n) is 1.85. The molecule has 1 rings (SSSR count). The Morgan fingerprint density at radius 1 is 1.53 bits per heavy atom. The van der Waals surface area contributed by atoms with Crippen molar-refractivity contribution < 1.29 is 17.9 Å². The second-order valence-corrected chi connectivity index (χ2v) is 6.04. The average Bonchev–Trinajstić information content (AvgIpc) is 2.29. The first-order chi connectivity index (χ1) is 8.03. The highest BCUT2D eigenvalue weighted by molar-refractivity contribution is 7.90. The van der Waals surface area contributed by atoms with Crippen LogP contribution in [0.1, 0.15) is 19.3 Å². The van der Waals surface area contributed by atoms with Gasteiger partial charge in [0.15, 0.2) is 5.75 Å². The maximum Gasteiger partial charge on any atom is 0.322 e. The number of esters is 1. The Labute approximate surface area is 102 Å². The molecule has 0 bridgehead atoms.